The number of phenols is 1. The fourth-order valence-corrected chi connectivity index (χ4v) is 3.94. The smallest absolute Gasteiger partial charge is 0.295 e. The number of likely N-dealkylation sites (tertiary alicyclic amines) is 1. The van der Waals surface area contributed by atoms with Crippen LogP contribution in [-0.4, -0.2) is 72.6 Å². The van der Waals surface area contributed by atoms with Gasteiger partial charge in [0.2, 0.25) is 0 Å². The van der Waals surface area contributed by atoms with Crippen molar-refractivity contribution in [1.29, 1.82) is 0 Å². The average molecular weight is 475 g/mol. The highest BCUT2D eigenvalue weighted by Gasteiger charge is 2.46. The maximum absolute atomic E-state index is 13.1. The van der Waals surface area contributed by atoms with Gasteiger partial charge in [0.1, 0.15) is 11.5 Å². The number of methoxy groups -OCH3 is 1. The molecule has 9 heteroatoms. The van der Waals surface area contributed by atoms with E-state index >= 15 is 0 Å². The summed E-state index contributed by atoms with van der Waals surface area (Å²) in [6, 6.07) is 8.36. The summed E-state index contributed by atoms with van der Waals surface area (Å²) in [6.45, 7) is 3.01. The van der Waals surface area contributed by atoms with Gasteiger partial charge in [-0.05, 0) is 56.9 Å². The highest BCUT2D eigenvalue weighted by Crippen LogP contribution is 2.42. The first-order valence-corrected chi connectivity index (χ1v) is 10.8. The Kier molecular flexibility index (Phi) is 7.50. The Labute approximate surface area is 197 Å². The molecule has 1 amide bonds. The van der Waals surface area contributed by atoms with Gasteiger partial charge in [0.25, 0.3) is 11.7 Å². The minimum Gasteiger partial charge on any atom is -0.507 e. The molecule has 2 aromatic carbocycles. The normalized spacial score (nSPS) is 17.6. The molecule has 2 aromatic rings. The van der Waals surface area contributed by atoms with Gasteiger partial charge < -0.3 is 29.5 Å². The van der Waals surface area contributed by atoms with Crippen molar-refractivity contribution in [3.63, 3.8) is 0 Å². The van der Waals surface area contributed by atoms with E-state index in [9.17, 15) is 19.8 Å². The Morgan fingerprint density at radius 1 is 1.15 bits per heavy atom. The Balaban J connectivity index is 2.17. The van der Waals surface area contributed by atoms with E-state index in [1.807, 2.05) is 25.9 Å². The van der Waals surface area contributed by atoms with Crippen molar-refractivity contribution >= 4 is 29.1 Å². The van der Waals surface area contributed by atoms with Gasteiger partial charge in [0.05, 0.1) is 30.4 Å². The topological polar surface area (TPSA) is 99.5 Å². The van der Waals surface area contributed by atoms with E-state index < -0.39 is 17.7 Å². The number of aliphatic hydroxyl groups is 1. The van der Waals surface area contributed by atoms with E-state index in [1.54, 1.807) is 24.3 Å². The molecule has 33 heavy (non-hydrogen) atoms. The Morgan fingerprint density at radius 3 is 2.48 bits per heavy atom. The van der Waals surface area contributed by atoms with Crippen LogP contribution in [0, 0.1) is 0 Å². The Hall–Kier alpha value is -3.23. The van der Waals surface area contributed by atoms with Crippen molar-refractivity contribution in [2.24, 2.45) is 0 Å². The van der Waals surface area contributed by atoms with Crippen LogP contribution >= 0.6 is 11.6 Å². The third-order valence-corrected chi connectivity index (χ3v) is 5.65. The highest BCUT2D eigenvalue weighted by atomic mass is 35.5. The van der Waals surface area contributed by atoms with Gasteiger partial charge in [-0.3, -0.25) is 9.59 Å². The number of Topliss-reactive ketones (excluding diaryl/α,β-unsaturated/α-hetero) is 1. The van der Waals surface area contributed by atoms with Crippen molar-refractivity contribution < 1.29 is 29.3 Å². The van der Waals surface area contributed by atoms with Crippen LogP contribution in [0.2, 0.25) is 5.02 Å². The largest absolute Gasteiger partial charge is 0.507 e. The van der Waals surface area contributed by atoms with Crippen LogP contribution in [0.4, 0.5) is 0 Å². The summed E-state index contributed by atoms with van der Waals surface area (Å²) in [6.07, 6.45) is 0. The number of amides is 1. The number of hydrogen-bond donors (Lipinski definition) is 2. The van der Waals surface area contributed by atoms with Crippen LogP contribution in [0.15, 0.2) is 42.0 Å². The fraction of sp³-hybridized carbons (Fsp3) is 0.333. The number of hydrogen-bond acceptors (Lipinski definition) is 7. The molecule has 0 aromatic heterocycles. The lowest BCUT2D eigenvalue weighted by Gasteiger charge is -2.27. The molecular formula is C24H27ClN2O6. The molecule has 0 spiro atoms. The quantitative estimate of drug-likeness (QED) is 0.343. The molecule has 1 aliphatic heterocycles. The number of carbonyl (C=O) groups excluding carboxylic acids is 2. The summed E-state index contributed by atoms with van der Waals surface area (Å²) in [5.74, 6) is -1.30. The summed E-state index contributed by atoms with van der Waals surface area (Å²) in [5.41, 5.74) is 0.734. The van der Waals surface area contributed by atoms with Crippen LogP contribution in [0.3, 0.4) is 0 Å². The van der Waals surface area contributed by atoms with E-state index in [-0.39, 0.29) is 40.0 Å². The number of nitrogens with zero attached hydrogens (tertiary/aromatic N) is 2. The van der Waals surface area contributed by atoms with E-state index in [1.165, 1.54) is 24.1 Å². The third-order valence-electron chi connectivity index (χ3n) is 5.35. The molecule has 176 valence electrons. The van der Waals surface area contributed by atoms with Crippen LogP contribution in [-0.2, 0) is 9.59 Å². The predicted molar refractivity (Wildman–Crippen MR) is 125 cm³/mol. The summed E-state index contributed by atoms with van der Waals surface area (Å²) in [5, 5.41) is 21.4. The zero-order chi connectivity index (χ0) is 24.3. The second-order valence-corrected chi connectivity index (χ2v) is 8.21. The number of likely N-dealkylation sites (N-methyl/N-ethyl adjacent to an activating group) is 1. The SMILES string of the molecule is CCOc1ccc(/C(O)=C2/C(=O)C(=O)N(CCN(C)C)C2c2ccc(O)c(OC)c2)cc1Cl. The summed E-state index contributed by atoms with van der Waals surface area (Å²) in [7, 11) is 5.12. The molecule has 0 bridgehead atoms. The van der Waals surface area contributed by atoms with Gasteiger partial charge in [-0.2, -0.15) is 0 Å². The Bertz CT molecular complexity index is 1100. The molecule has 1 heterocycles. The lowest BCUT2D eigenvalue weighted by Crippen LogP contribution is -2.35. The van der Waals surface area contributed by atoms with Crippen LogP contribution in [0.25, 0.3) is 5.76 Å². The molecule has 0 saturated carbocycles. The number of ether oxygens (including phenoxy) is 2. The second-order valence-electron chi connectivity index (χ2n) is 7.81. The maximum Gasteiger partial charge on any atom is 0.295 e. The second kappa shape index (κ2) is 10.1. The van der Waals surface area contributed by atoms with Crippen molar-refractivity contribution in [1.82, 2.24) is 9.80 Å². The Morgan fingerprint density at radius 2 is 1.88 bits per heavy atom. The number of carbonyl (C=O) groups is 2. The molecule has 0 radical (unpaired) electrons. The zero-order valence-electron chi connectivity index (χ0n) is 19.0. The number of aromatic hydroxyl groups is 1. The molecule has 3 rings (SSSR count). The molecule has 1 atom stereocenters. The fourth-order valence-electron chi connectivity index (χ4n) is 3.71. The first-order chi connectivity index (χ1) is 15.7. The van der Waals surface area contributed by atoms with Gasteiger partial charge in [-0.15, -0.1) is 0 Å². The molecule has 0 aliphatic carbocycles. The third kappa shape index (κ3) is 4.91. The van der Waals surface area contributed by atoms with Crippen LogP contribution < -0.4 is 9.47 Å². The molecule has 2 N–H and O–H groups in total. The molecule has 1 aliphatic rings. The van der Waals surface area contributed by atoms with Gasteiger partial charge in [0, 0.05) is 18.7 Å². The van der Waals surface area contributed by atoms with E-state index in [2.05, 4.69) is 0 Å². The van der Waals surface area contributed by atoms with Gasteiger partial charge in [-0.25, -0.2) is 0 Å². The van der Waals surface area contributed by atoms with E-state index in [4.69, 9.17) is 21.1 Å². The predicted octanol–water partition coefficient (Wildman–Crippen LogP) is 3.44. The van der Waals surface area contributed by atoms with Crippen molar-refractivity contribution in [2.45, 2.75) is 13.0 Å². The highest BCUT2D eigenvalue weighted by molar-refractivity contribution is 6.46. The van der Waals surface area contributed by atoms with Crippen LogP contribution in [0.1, 0.15) is 24.1 Å². The standard InChI is InChI=1S/C24H27ClN2O6/c1-5-33-18-9-7-15(12-16(18)25)22(29)20-21(14-6-8-17(28)19(13-14)32-4)27(11-10-26(2)3)24(31)23(20)30/h6-9,12-13,21,28-29H,5,10-11H2,1-4H3/b22-20-. The molecular weight excluding hydrogens is 448 g/mol. The number of benzene rings is 2. The number of rotatable bonds is 8. The summed E-state index contributed by atoms with van der Waals surface area (Å²) < 4.78 is 10.6. The molecule has 8 nitrogen and oxygen atoms in total. The molecule has 1 fully saturated rings. The van der Waals surface area contributed by atoms with Gasteiger partial charge >= 0.3 is 0 Å². The zero-order valence-corrected chi connectivity index (χ0v) is 19.7. The van der Waals surface area contributed by atoms with Crippen molar-refractivity contribution in [3.05, 3.63) is 58.1 Å². The van der Waals surface area contributed by atoms with Gasteiger partial charge in [-0.1, -0.05) is 17.7 Å². The lowest BCUT2D eigenvalue weighted by molar-refractivity contribution is -0.140. The molecule has 1 saturated heterocycles. The average Bonchev–Trinajstić information content (AvgIpc) is 3.03. The van der Waals surface area contributed by atoms with Crippen molar-refractivity contribution in [2.75, 3.05) is 40.9 Å². The van der Waals surface area contributed by atoms with E-state index in [0.717, 1.165) is 0 Å². The summed E-state index contributed by atoms with van der Waals surface area (Å²) in [4.78, 5) is 29.3. The first kappa shape index (κ1) is 24.4. The number of phenolic OH excluding ortho intramolecular Hbond substituents is 1. The molecule has 1 unspecified atom stereocenters. The monoisotopic (exact) mass is 474 g/mol. The first-order valence-electron chi connectivity index (χ1n) is 10.4. The number of halogens is 1. The maximum atomic E-state index is 13.1. The van der Waals surface area contributed by atoms with Gasteiger partial charge in [0.15, 0.2) is 11.5 Å². The number of ketones is 1. The minimum atomic E-state index is -0.871. The lowest BCUT2D eigenvalue weighted by atomic mass is 9.95. The summed E-state index contributed by atoms with van der Waals surface area (Å²) >= 11 is 6.28. The number of aliphatic hydroxyl groups excluding tert-OH is 1. The minimum absolute atomic E-state index is 0.0632. The van der Waals surface area contributed by atoms with Crippen LogP contribution in [0.5, 0.6) is 17.2 Å². The van der Waals surface area contributed by atoms with E-state index in [0.29, 0.717) is 24.5 Å². The van der Waals surface area contributed by atoms with Crippen molar-refractivity contribution in [3.8, 4) is 17.2 Å².